The van der Waals surface area contributed by atoms with E-state index in [-0.39, 0.29) is 11.4 Å². The Morgan fingerprint density at radius 2 is 1.88 bits per heavy atom. The number of amides is 1. The van der Waals surface area contributed by atoms with Crippen LogP contribution in [0.15, 0.2) is 57.9 Å². The second-order valence-corrected chi connectivity index (χ2v) is 7.96. The molecule has 2 rings (SSSR count). The summed E-state index contributed by atoms with van der Waals surface area (Å²) in [4.78, 5) is 12.2. The first-order chi connectivity index (χ1) is 11.3. The number of anilines is 1. The van der Waals surface area contributed by atoms with E-state index >= 15 is 0 Å². The van der Waals surface area contributed by atoms with Crippen molar-refractivity contribution in [2.75, 3.05) is 26.0 Å². The van der Waals surface area contributed by atoms with Crippen molar-refractivity contribution in [2.45, 2.75) is 4.90 Å². The fourth-order valence-corrected chi connectivity index (χ4v) is 3.37. The number of halogens is 1. The zero-order chi connectivity index (χ0) is 17.7. The van der Waals surface area contributed by atoms with Crippen molar-refractivity contribution in [1.82, 2.24) is 4.31 Å². The number of nitrogens with zero attached hydrogens (tertiary/aromatic N) is 1. The number of nitrogens with one attached hydrogen (secondary N) is 1. The van der Waals surface area contributed by atoms with Crippen LogP contribution in [-0.4, -0.2) is 39.3 Å². The van der Waals surface area contributed by atoms with Crippen LogP contribution in [0.4, 0.5) is 5.69 Å². The summed E-state index contributed by atoms with van der Waals surface area (Å²) < 4.78 is 31.7. The highest BCUT2D eigenvalue weighted by Crippen LogP contribution is 2.19. The summed E-state index contributed by atoms with van der Waals surface area (Å²) in [5.41, 5.74) is 0.536. The number of carbonyl (C=O) groups excluding carboxylic acids is 1. The van der Waals surface area contributed by atoms with E-state index in [1.54, 1.807) is 36.4 Å². The van der Waals surface area contributed by atoms with E-state index < -0.39 is 15.9 Å². The summed E-state index contributed by atoms with van der Waals surface area (Å²) >= 11 is 3.26. The average Bonchev–Trinajstić information content (AvgIpc) is 2.55. The summed E-state index contributed by atoms with van der Waals surface area (Å²) in [6.07, 6.45) is 0. The van der Waals surface area contributed by atoms with Crippen LogP contribution in [0.5, 0.6) is 5.75 Å². The zero-order valence-corrected chi connectivity index (χ0v) is 15.6. The van der Waals surface area contributed by atoms with Crippen LogP contribution in [0.3, 0.4) is 0 Å². The highest BCUT2D eigenvalue weighted by molar-refractivity contribution is 9.10. The Morgan fingerprint density at radius 3 is 2.50 bits per heavy atom. The molecule has 0 unspecified atom stereocenters. The Balaban J connectivity index is 2.06. The molecule has 0 spiro atoms. The minimum absolute atomic E-state index is 0.127. The monoisotopic (exact) mass is 412 g/mol. The van der Waals surface area contributed by atoms with E-state index in [4.69, 9.17) is 4.74 Å². The van der Waals surface area contributed by atoms with Crippen LogP contribution >= 0.6 is 15.9 Å². The van der Waals surface area contributed by atoms with Crippen molar-refractivity contribution >= 4 is 37.5 Å². The van der Waals surface area contributed by atoms with Gasteiger partial charge in [-0.15, -0.1) is 0 Å². The van der Waals surface area contributed by atoms with Crippen LogP contribution in [0.1, 0.15) is 0 Å². The molecule has 0 radical (unpaired) electrons. The third kappa shape index (κ3) is 4.56. The minimum atomic E-state index is -3.73. The molecule has 0 bridgehead atoms. The molecule has 0 saturated carbocycles. The highest BCUT2D eigenvalue weighted by Gasteiger charge is 2.22. The van der Waals surface area contributed by atoms with Gasteiger partial charge in [-0.2, -0.15) is 4.31 Å². The topological polar surface area (TPSA) is 75.7 Å². The number of hydrogen-bond donors (Lipinski definition) is 1. The molecule has 0 atom stereocenters. The first-order valence-electron chi connectivity index (χ1n) is 6.99. The number of sulfonamides is 1. The molecule has 0 saturated heterocycles. The summed E-state index contributed by atoms with van der Waals surface area (Å²) in [6, 6.07) is 13.1. The van der Waals surface area contributed by atoms with Crippen LogP contribution in [0.25, 0.3) is 0 Å². The number of likely N-dealkylation sites (N-methyl/N-ethyl adjacent to an activating group) is 1. The summed E-state index contributed by atoms with van der Waals surface area (Å²) in [7, 11) is -0.838. The van der Waals surface area contributed by atoms with Crippen molar-refractivity contribution < 1.29 is 17.9 Å². The zero-order valence-electron chi connectivity index (χ0n) is 13.2. The summed E-state index contributed by atoms with van der Waals surface area (Å²) in [5, 5.41) is 2.65. The van der Waals surface area contributed by atoms with Crippen molar-refractivity contribution in [3.05, 3.63) is 53.0 Å². The molecule has 128 valence electrons. The maximum Gasteiger partial charge on any atom is 0.243 e. The van der Waals surface area contributed by atoms with Gasteiger partial charge in [-0.3, -0.25) is 4.79 Å². The van der Waals surface area contributed by atoms with Crippen molar-refractivity contribution in [1.29, 1.82) is 0 Å². The molecule has 1 N–H and O–H groups in total. The van der Waals surface area contributed by atoms with Crippen molar-refractivity contribution in [3.8, 4) is 5.75 Å². The van der Waals surface area contributed by atoms with Gasteiger partial charge in [-0.25, -0.2) is 8.42 Å². The SMILES string of the molecule is COc1cccc(NC(=O)CN(C)S(=O)(=O)c2ccc(Br)cc2)c1. The number of hydrogen-bond acceptors (Lipinski definition) is 4. The van der Waals surface area contributed by atoms with Gasteiger partial charge in [0, 0.05) is 23.3 Å². The van der Waals surface area contributed by atoms with Gasteiger partial charge in [0.15, 0.2) is 0 Å². The van der Waals surface area contributed by atoms with Crippen LogP contribution < -0.4 is 10.1 Å². The largest absolute Gasteiger partial charge is 0.497 e. The molecular weight excluding hydrogens is 396 g/mol. The molecule has 0 aliphatic heterocycles. The van der Waals surface area contributed by atoms with Crippen molar-refractivity contribution in [3.63, 3.8) is 0 Å². The second-order valence-electron chi connectivity index (χ2n) is 5.00. The third-order valence-electron chi connectivity index (χ3n) is 3.24. The molecule has 1 amide bonds. The normalized spacial score (nSPS) is 11.3. The maximum atomic E-state index is 12.4. The molecule has 24 heavy (non-hydrogen) atoms. The number of ether oxygens (including phenoxy) is 1. The molecule has 0 heterocycles. The Labute approximate surface area is 149 Å². The molecule has 2 aromatic rings. The van der Waals surface area contributed by atoms with Gasteiger partial charge in [-0.05, 0) is 36.4 Å². The fraction of sp³-hybridized carbons (Fsp3) is 0.188. The van der Waals surface area contributed by atoms with Crippen molar-refractivity contribution in [2.24, 2.45) is 0 Å². The predicted octanol–water partition coefficient (Wildman–Crippen LogP) is 2.72. The van der Waals surface area contributed by atoms with Gasteiger partial charge in [0.1, 0.15) is 5.75 Å². The number of carbonyl (C=O) groups is 1. The van der Waals surface area contributed by atoms with Gasteiger partial charge in [0.2, 0.25) is 15.9 Å². The molecule has 0 fully saturated rings. The summed E-state index contributed by atoms with van der Waals surface area (Å²) in [5.74, 6) is 0.162. The first kappa shape index (κ1) is 18.4. The quantitative estimate of drug-likeness (QED) is 0.790. The smallest absolute Gasteiger partial charge is 0.243 e. The highest BCUT2D eigenvalue weighted by atomic mass is 79.9. The Hall–Kier alpha value is -1.90. The Bertz CT molecular complexity index is 822. The lowest BCUT2D eigenvalue weighted by Gasteiger charge is -2.17. The minimum Gasteiger partial charge on any atom is -0.497 e. The van der Waals surface area contributed by atoms with Gasteiger partial charge in [0.05, 0.1) is 18.6 Å². The van der Waals surface area contributed by atoms with Gasteiger partial charge in [-0.1, -0.05) is 22.0 Å². The molecule has 0 aromatic heterocycles. The molecule has 0 aliphatic rings. The number of benzene rings is 2. The van der Waals surface area contributed by atoms with Crippen LogP contribution in [0, 0.1) is 0 Å². The first-order valence-corrected chi connectivity index (χ1v) is 9.22. The second kappa shape index (κ2) is 7.78. The number of methoxy groups -OCH3 is 1. The van der Waals surface area contributed by atoms with E-state index in [2.05, 4.69) is 21.2 Å². The van der Waals surface area contributed by atoms with E-state index in [9.17, 15) is 13.2 Å². The Kier molecular flexibility index (Phi) is 5.98. The lowest BCUT2D eigenvalue weighted by atomic mass is 10.3. The average molecular weight is 413 g/mol. The lowest BCUT2D eigenvalue weighted by molar-refractivity contribution is -0.116. The van der Waals surface area contributed by atoms with Crippen LogP contribution in [0.2, 0.25) is 0 Å². The molecule has 0 aliphatic carbocycles. The molecule has 2 aromatic carbocycles. The van der Waals surface area contributed by atoms with E-state index in [1.165, 1.54) is 26.3 Å². The van der Waals surface area contributed by atoms with E-state index in [1.807, 2.05) is 0 Å². The van der Waals surface area contributed by atoms with Gasteiger partial charge in [0.25, 0.3) is 0 Å². The fourth-order valence-electron chi connectivity index (χ4n) is 1.98. The molecule has 8 heteroatoms. The maximum absolute atomic E-state index is 12.4. The number of rotatable bonds is 6. The third-order valence-corrected chi connectivity index (χ3v) is 5.59. The molecular formula is C16H17BrN2O4S. The standard InChI is InChI=1S/C16H17BrN2O4S/c1-19(24(21,22)15-8-6-12(17)7-9-15)11-16(20)18-13-4-3-5-14(10-13)23-2/h3-10H,11H2,1-2H3,(H,18,20). The van der Waals surface area contributed by atoms with E-state index in [0.29, 0.717) is 11.4 Å². The Morgan fingerprint density at radius 1 is 1.21 bits per heavy atom. The van der Waals surface area contributed by atoms with Gasteiger partial charge >= 0.3 is 0 Å². The van der Waals surface area contributed by atoms with E-state index in [0.717, 1.165) is 8.78 Å². The van der Waals surface area contributed by atoms with Crippen LogP contribution in [-0.2, 0) is 14.8 Å². The molecule has 6 nitrogen and oxygen atoms in total. The van der Waals surface area contributed by atoms with Gasteiger partial charge < -0.3 is 10.1 Å². The summed E-state index contributed by atoms with van der Waals surface area (Å²) in [6.45, 7) is -0.296. The predicted molar refractivity (Wildman–Crippen MR) is 95.6 cm³/mol. The lowest BCUT2D eigenvalue weighted by Crippen LogP contribution is -2.34.